The van der Waals surface area contributed by atoms with E-state index in [1.54, 1.807) is 26.0 Å². The fourth-order valence-corrected chi connectivity index (χ4v) is 5.84. The lowest BCUT2D eigenvalue weighted by Gasteiger charge is -2.37. The lowest BCUT2D eigenvalue weighted by atomic mass is 9.71. The Bertz CT molecular complexity index is 1250. The molecule has 0 spiro atoms. The first kappa shape index (κ1) is 27.8. The molecule has 0 aromatic heterocycles. The van der Waals surface area contributed by atoms with Crippen molar-refractivity contribution in [1.29, 1.82) is 0 Å². The third-order valence-corrected chi connectivity index (χ3v) is 8.18. The summed E-state index contributed by atoms with van der Waals surface area (Å²) in [5, 5.41) is 3.43. The van der Waals surface area contributed by atoms with E-state index < -0.39 is 5.92 Å². The highest BCUT2D eigenvalue weighted by Gasteiger charge is 2.41. The first-order valence-electron chi connectivity index (χ1n) is 13.2. The number of aryl methyl sites for hydroxylation is 1. The van der Waals surface area contributed by atoms with Gasteiger partial charge >= 0.3 is 5.97 Å². The molecule has 1 aliphatic heterocycles. The SMILES string of the molecule is CCSCCOC(=O)C1=C(C)NC2=C(C(=O)C[C@H](c3ccc(OC)c(OC)c3)C2)[C@@H]1c1ccc(CC)cc1. The number of hydrogen-bond acceptors (Lipinski definition) is 7. The molecule has 1 N–H and O–H groups in total. The third kappa shape index (κ3) is 5.78. The molecule has 0 saturated heterocycles. The zero-order valence-corrected chi connectivity index (χ0v) is 23.7. The Balaban J connectivity index is 1.71. The molecule has 1 heterocycles. The summed E-state index contributed by atoms with van der Waals surface area (Å²) in [5.41, 5.74) is 5.97. The smallest absolute Gasteiger partial charge is 0.336 e. The molecule has 202 valence electrons. The van der Waals surface area contributed by atoms with E-state index in [0.29, 0.717) is 42.1 Å². The van der Waals surface area contributed by atoms with Gasteiger partial charge in [-0.15, -0.1) is 0 Å². The van der Waals surface area contributed by atoms with Crippen LogP contribution in [0.5, 0.6) is 11.5 Å². The molecule has 0 amide bonds. The van der Waals surface area contributed by atoms with Crippen molar-refractivity contribution >= 4 is 23.5 Å². The maximum atomic E-state index is 13.8. The Hall–Kier alpha value is -3.19. The van der Waals surface area contributed by atoms with E-state index in [1.807, 2.05) is 37.3 Å². The van der Waals surface area contributed by atoms with Gasteiger partial charge in [0.05, 0.1) is 19.8 Å². The van der Waals surface area contributed by atoms with E-state index in [2.05, 4.69) is 31.3 Å². The molecular weight excluding hydrogens is 498 g/mol. The number of carbonyl (C=O) groups excluding carboxylic acids is 2. The zero-order chi connectivity index (χ0) is 27.2. The highest BCUT2D eigenvalue weighted by Crippen LogP contribution is 2.46. The maximum absolute atomic E-state index is 13.8. The Morgan fingerprint density at radius 1 is 1.00 bits per heavy atom. The minimum absolute atomic E-state index is 0.0101. The summed E-state index contributed by atoms with van der Waals surface area (Å²) in [6, 6.07) is 14.1. The van der Waals surface area contributed by atoms with E-state index in [-0.39, 0.29) is 17.7 Å². The summed E-state index contributed by atoms with van der Waals surface area (Å²) >= 11 is 1.73. The van der Waals surface area contributed by atoms with Gasteiger partial charge in [0.1, 0.15) is 6.61 Å². The molecule has 4 rings (SSSR count). The van der Waals surface area contributed by atoms with Crippen LogP contribution in [0.3, 0.4) is 0 Å². The molecule has 2 aliphatic rings. The second-order valence-corrected chi connectivity index (χ2v) is 11.0. The fraction of sp³-hybridized carbons (Fsp3) is 0.419. The predicted octanol–water partition coefficient (Wildman–Crippen LogP) is 5.92. The number of nitrogens with one attached hydrogen (secondary N) is 1. The molecule has 2 aromatic carbocycles. The summed E-state index contributed by atoms with van der Waals surface area (Å²) in [6.45, 7) is 6.44. The number of Topliss-reactive ketones (excluding diaryl/α,β-unsaturated/α-hetero) is 1. The molecule has 2 aromatic rings. The topological polar surface area (TPSA) is 73.9 Å². The second kappa shape index (κ2) is 12.6. The predicted molar refractivity (Wildman–Crippen MR) is 152 cm³/mol. The van der Waals surface area contributed by atoms with Crippen molar-refractivity contribution in [2.45, 2.75) is 51.9 Å². The van der Waals surface area contributed by atoms with Crippen LogP contribution in [0.4, 0.5) is 0 Å². The van der Waals surface area contributed by atoms with Gasteiger partial charge in [0.2, 0.25) is 0 Å². The normalized spacial score (nSPS) is 19.1. The van der Waals surface area contributed by atoms with Crippen LogP contribution in [-0.2, 0) is 20.7 Å². The molecule has 6 nitrogen and oxygen atoms in total. The molecule has 38 heavy (non-hydrogen) atoms. The molecule has 0 fully saturated rings. The highest BCUT2D eigenvalue weighted by molar-refractivity contribution is 7.99. The van der Waals surface area contributed by atoms with Gasteiger partial charge < -0.3 is 19.5 Å². The van der Waals surface area contributed by atoms with E-state index in [4.69, 9.17) is 14.2 Å². The average molecular weight is 536 g/mol. The lowest BCUT2D eigenvalue weighted by Crippen LogP contribution is -2.36. The summed E-state index contributed by atoms with van der Waals surface area (Å²) < 4.78 is 16.6. The number of benzene rings is 2. The average Bonchev–Trinajstić information content (AvgIpc) is 2.94. The summed E-state index contributed by atoms with van der Waals surface area (Å²) in [5.74, 6) is 2.23. The molecule has 1 aliphatic carbocycles. The molecule has 0 saturated carbocycles. The van der Waals surface area contributed by atoms with Gasteiger partial charge in [0.15, 0.2) is 17.3 Å². The summed E-state index contributed by atoms with van der Waals surface area (Å²) in [6.07, 6.45) is 1.94. The number of methoxy groups -OCH3 is 2. The number of hydrogen-bond donors (Lipinski definition) is 1. The van der Waals surface area contributed by atoms with Gasteiger partial charge in [0, 0.05) is 35.1 Å². The van der Waals surface area contributed by atoms with Gasteiger partial charge in [-0.1, -0.05) is 44.2 Å². The van der Waals surface area contributed by atoms with E-state index >= 15 is 0 Å². The number of esters is 1. The standard InChI is InChI=1S/C31H37NO5S/c1-6-20-8-10-21(11-9-20)29-28(31(34)37-14-15-38-7-2)19(3)32-24-16-23(17-25(33)30(24)29)22-12-13-26(35-4)27(18-22)36-5/h8-13,18,23,29,32H,6-7,14-17H2,1-5H3/t23-,29-/m1/s1. The number of ether oxygens (including phenoxy) is 3. The van der Waals surface area contributed by atoms with Crippen LogP contribution < -0.4 is 14.8 Å². The van der Waals surface area contributed by atoms with Crippen LogP contribution in [0.1, 0.15) is 62.1 Å². The van der Waals surface area contributed by atoms with Crippen LogP contribution in [0, 0.1) is 0 Å². The van der Waals surface area contributed by atoms with Gasteiger partial charge in [-0.3, -0.25) is 4.79 Å². The van der Waals surface area contributed by atoms with Crippen LogP contribution in [0.25, 0.3) is 0 Å². The van der Waals surface area contributed by atoms with Gasteiger partial charge in [-0.25, -0.2) is 4.79 Å². The Morgan fingerprint density at radius 2 is 1.71 bits per heavy atom. The Morgan fingerprint density at radius 3 is 2.37 bits per heavy atom. The Kier molecular flexibility index (Phi) is 9.21. The molecule has 0 radical (unpaired) electrons. The monoisotopic (exact) mass is 535 g/mol. The number of rotatable bonds is 10. The van der Waals surface area contributed by atoms with Crippen molar-refractivity contribution in [3.8, 4) is 11.5 Å². The highest BCUT2D eigenvalue weighted by atomic mass is 32.2. The van der Waals surface area contributed by atoms with E-state index in [1.165, 1.54) is 5.56 Å². The van der Waals surface area contributed by atoms with E-state index in [0.717, 1.165) is 40.4 Å². The lowest BCUT2D eigenvalue weighted by molar-refractivity contribution is -0.138. The summed E-state index contributed by atoms with van der Waals surface area (Å²) in [7, 11) is 3.22. The molecule has 0 bridgehead atoms. The molecule has 0 unspecified atom stereocenters. The third-order valence-electron chi connectivity index (χ3n) is 7.31. The quantitative estimate of drug-likeness (QED) is 0.299. The summed E-state index contributed by atoms with van der Waals surface area (Å²) in [4.78, 5) is 27.2. The number of carbonyl (C=O) groups is 2. The van der Waals surface area contributed by atoms with Crippen molar-refractivity contribution in [2.75, 3.05) is 32.3 Å². The van der Waals surface area contributed by atoms with Crippen molar-refractivity contribution in [2.24, 2.45) is 0 Å². The number of allylic oxidation sites excluding steroid dienone is 3. The minimum Gasteiger partial charge on any atom is -0.493 e. The van der Waals surface area contributed by atoms with Gasteiger partial charge in [-0.05, 0) is 60.3 Å². The van der Waals surface area contributed by atoms with Crippen LogP contribution in [0.2, 0.25) is 0 Å². The van der Waals surface area contributed by atoms with Gasteiger partial charge in [-0.2, -0.15) is 11.8 Å². The number of thioether (sulfide) groups is 1. The number of dihydropyridines is 1. The minimum atomic E-state index is -0.456. The van der Waals surface area contributed by atoms with Crippen molar-refractivity contribution in [3.63, 3.8) is 0 Å². The van der Waals surface area contributed by atoms with Crippen molar-refractivity contribution in [1.82, 2.24) is 5.32 Å². The largest absolute Gasteiger partial charge is 0.493 e. The van der Waals surface area contributed by atoms with Crippen LogP contribution in [0.15, 0.2) is 65.0 Å². The second-order valence-electron chi connectivity index (χ2n) is 9.56. The van der Waals surface area contributed by atoms with Crippen molar-refractivity contribution in [3.05, 3.63) is 81.7 Å². The molecule has 7 heteroatoms. The molecule has 2 atom stereocenters. The maximum Gasteiger partial charge on any atom is 0.336 e. The van der Waals surface area contributed by atoms with Crippen LogP contribution in [-0.4, -0.2) is 44.1 Å². The molecular formula is C31H37NO5S. The first-order chi connectivity index (χ1) is 18.4. The van der Waals surface area contributed by atoms with E-state index in [9.17, 15) is 9.59 Å². The number of ketones is 1. The van der Waals surface area contributed by atoms with Crippen molar-refractivity contribution < 1.29 is 23.8 Å². The van der Waals surface area contributed by atoms with Gasteiger partial charge in [0.25, 0.3) is 0 Å². The first-order valence-corrected chi connectivity index (χ1v) is 14.4. The zero-order valence-electron chi connectivity index (χ0n) is 22.9. The Labute approximate surface area is 229 Å². The fourth-order valence-electron chi connectivity index (χ4n) is 5.35. The van der Waals surface area contributed by atoms with Crippen LogP contribution >= 0.6 is 11.8 Å².